The smallest absolute Gasteiger partial charge is 0.142 e. The molecule has 1 aromatic heterocycles. The standard InChI is InChI=1S/C17H16FNO2/c1-20-10-13-8-11-4-2-7-15(17(11)21-13)14-6-3-5-12(9-19)16(14)18/h2-8H,9-10,19H2,1H3. The predicted molar refractivity (Wildman–Crippen MR) is 80.2 cm³/mol. The zero-order valence-corrected chi connectivity index (χ0v) is 11.7. The van der Waals surface area contributed by atoms with E-state index in [0.29, 0.717) is 23.3 Å². The van der Waals surface area contributed by atoms with Crippen molar-refractivity contribution < 1.29 is 13.5 Å². The normalized spacial score (nSPS) is 11.2. The van der Waals surface area contributed by atoms with Gasteiger partial charge in [-0.25, -0.2) is 4.39 Å². The van der Waals surface area contributed by atoms with E-state index >= 15 is 0 Å². The molecule has 0 fully saturated rings. The lowest BCUT2D eigenvalue weighted by Crippen LogP contribution is -2.00. The highest BCUT2D eigenvalue weighted by molar-refractivity contribution is 5.93. The number of furan rings is 1. The molecule has 21 heavy (non-hydrogen) atoms. The lowest BCUT2D eigenvalue weighted by Gasteiger charge is -2.07. The van der Waals surface area contributed by atoms with Crippen LogP contribution in [0.1, 0.15) is 11.3 Å². The molecule has 0 radical (unpaired) electrons. The van der Waals surface area contributed by atoms with E-state index in [1.807, 2.05) is 24.3 Å². The van der Waals surface area contributed by atoms with Gasteiger partial charge in [-0.1, -0.05) is 36.4 Å². The van der Waals surface area contributed by atoms with Crippen molar-refractivity contribution in [3.8, 4) is 11.1 Å². The number of para-hydroxylation sites is 1. The summed E-state index contributed by atoms with van der Waals surface area (Å²) in [5.41, 5.74) is 7.96. The Balaban J connectivity index is 2.20. The molecule has 3 aromatic rings. The van der Waals surface area contributed by atoms with Crippen molar-refractivity contribution in [2.75, 3.05) is 7.11 Å². The van der Waals surface area contributed by atoms with Crippen molar-refractivity contribution >= 4 is 11.0 Å². The summed E-state index contributed by atoms with van der Waals surface area (Å²) in [7, 11) is 1.61. The van der Waals surface area contributed by atoms with Crippen molar-refractivity contribution in [2.45, 2.75) is 13.2 Å². The highest BCUT2D eigenvalue weighted by atomic mass is 19.1. The van der Waals surface area contributed by atoms with Gasteiger partial charge in [0.25, 0.3) is 0 Å². The second-order valence-corrected chi connectivity index (χ2v) is 4.85. The SMILES string of the molecule is COCc1cc2cccc(-c3cccc(CN)c3F)c2o1. The van der Waals surface area contributed by atoms with Gasteiger partial charge in [-0.15, -0.1) is 0 Å². The maximum Gasteiger partial charge on any atom is 0.142 e. The van der Waals surface area contributed by atoms with E-state index in [2.05, 4.69) is 0 Å². The summed E-state index contributed by atoms with van der Waals surface area (Å²) in [5, 5.41) is 0.928. The third-order valence-corrected chi connectivity index (χ3v) is 3.47. The molecule has 4 heteroatoms. The minimum Gasteiger partial charge on any atom is -0.458 e. The van der Waals surface area contributed by atoms with Crippen LogP contribution in [-0.2, 0) is 17.9 Å². The Morgan fingerprint density at radius 1 is 1.14 bits per heavy atom. The van der Waals surface area contributed by atoms with E-state index < -0.39 is 0 Å². The van der Waals surface area contributed by atoms with Crippen LogP contribution in [0.3, 0.4) is 0 Å². The first-order valence-electron chi connectivity index (χ1n) is 6.72. The van der Waals surface area contributed by atoms with E-state index in [9.17, 15) is 4.39 Å². The fourth-order valence-electron chi connectivity index (χ4n) is 2.49. The summed E-state index contributed by atoms with van der Waals surface area (Å²) in [6.45, 7) is 0.558. The molecule has 2 aromatic carbocycles. The summed E-state index contributed by atoms with van der Waals surface area (Å²) in [6.07, 6.45) is 0. The van der Waals surface area contributed by atoms with Crippen molar-refractivity contribution in [2.24, 2.45) is 5.73 Å². The van der Waals surface area contributed by atoms with Crippen LogP contribution in [0.5, 0.6) is 0 Å². The fourth-order valence-corrected chi connectivity index (χ4v) is 2.49. The van der Waals surface area contributed by atoms with Crippen LogP contribution in [0.25, 0.3) is 22.1 Å². The summed E-state index contributed by atoms with van der Waals surface area (Å²) in [5.74, 6) is 0.424. The van der Waals surface area contributed by atoms with Gasteiger partial charge in [-0.05, 0) is 6.07 Å². The average molecular weight is 285 g/mol. The first-order valence-corrected chi connectivity index (χ1v) is 6.72. The molecule has 0 amide bonds. The molecule has 3 rings (SSSR count). The lowest BCUT2D eigenvalue weighted by atomic mass is 10.0. The quantitative estimate of drug-likeness (QED) is 0.792. The average Bonchev–Trinajstić information content (AvgIpc) is 2.90. The van der Waals surface area contributed by atoms with Crippen molar-refractivity contribution in [3.63, 3.8) is 0 Å². The Bertz CT molecular complexity index is 780. The molecule has 0 aliphatic rings. The Labute approximate surface area is 122 Å². The van der Waals surface area contributed by atoms with Crippen LogP contribution in [0.15, 0.2) is 46.9 Å². The van der Waals surface area contributed by atoms with E-state index in [-0.39, 0.29) is 12.4 Å². The molecule has 0 atom stereocenters. The second-order valence-electron chi connectivity index (χ2n) is 4.85. The molecule has 0 aliphatic carbocycles. The minimum absolute atomic E-state index is 0.169. The van der Waals surface area contributed by atoms with Crippen LogP contribution in [0.4, 0.5) is 4.39 Å². The number of benzene rings is 2. The number of hydrogen-bond acceptors (Lipinski definition) is 3. The molecule has 108 valence electrons. The molecular weight excluding hydrogens is 269 g/mol. The van der Waals surface area contributed by atoms with Gasteiger partial charge in [-0.2, -0.15) is 0 Å². The number of hydrogen-bond donors (Lipinski definition) is 1. The maximum atomic E-state index is 14.5. The molecule has 0 spiro atoms. The fraction of sp³-hybridized carbons (Fsp3) is 0.176. The highest BCUT2D eigenvalue weighted by Crippen LogP contribution is 2.33. The largest absolute Gasteiger partial charge is 0.458 e. The Morgan fingerprint density at radius 3 is 2.67 bits per heavy atom. The van der Waals surface area contributed by atoms with E-state index in [0.717, 1.165) is 16.7 Å². The monoisotopic (exact) mass is 285 g/mol. The Kier molecular flexibility index (Phi) is 3.73. The van der Waals surface area contributed by atoms with Crippen LogP contribution in [-0.4, -0.2) is 7.11 Å². The molecule has 0 saturated heterocycles. The summed E-state index contributed by atoms with van der Waals surface area (Å²) < 4.78 is 25.4. The molecular formula is C17H16FNO2. The van der Waals surface area contributed by atoms with Crippen molar-refractivity contribution in [1.29, 1.82) is 0 Å². The number of ether oxygens (including phenoxy) is 1. The van der Waals surface area contributed by atoms with Gasteiger partial charge in [0.15, 0.2) is 0 Å². The number of nitrogens with two attached hydrogens (primary N) is 1. The van der Waals surface area contributed by atoms with Crippen LogP contribution in [0.2, 0.25) is 0 Å². The molecule has 0 bridgehead atoms. The molecule has 0 saturated carbocycles. The summed E-state index contributed by atoms with van der Waals surface area (Å²) in [4.78, 5) is 0. The predicted octanol–water partition coefficient (Wildman–Crippen LogP) is 3.84. The van der Waals surface area contributed by atoms with Crippen LogP contribution in [0, 0.1) is 5.82 Å². The lowest BCUT2D eigenvalue weighted by molar-refractivity contribution is 0.166. The third kappa shape index (κ3) is 2.44. The van der Waals surface area contributed by atoms with Gasteiger partial charge in [0, 0.05) is 35.7 Å². The number of fused-ring (bicyclic) bond motifs is 1. The number of rotatable bonds is 4. The van der Waals surface area contributed by atoms with E-state index in [1.165, 1.54) is 0 Å². The van der Waals surface area contributed by atoms with Crippen molar-refractivity contribution in [3.05, 3.63) is 59.6 Å². The highest BCUT2D eigenvalue weighted by Gasteiger charge is 2.14. The van der Waals surface area contributed by atoms with Gasteiger partial charge < -0.3 is 14.9 Å². The first kappa shape index (κ1) is 13.8. The summed E-state index contributed by atoms with van der Waals surface area (Å²) in [6, 6.07) is 12.8. The Hall–Kier alpha value is -2.17. The van der Waals surface area contributed by atoms with Gasteiger partial charge in [-0.3, -0.25) is 0 Å². The van der Waals surface area contributed by atoms with Crippen LogP contribution < -0.4 is 5.73 Å². The minimum atomic E-state index is -0.294. The number of methoxy groups -OCH3 is 1. The van der Waals surface area contributed by atoms with Gasteiger partial charge in [0.1, 0.15) is 23.8 Å². The third-order valence-electron chi connectivity index (χ3n) is 3.47. The second kappa shape index (κ2) is 5.68. The number of halogens is 1. The zero-order chi connectivity index (χ0) is 14.8. The van der Waals surface area contributed by atoms with E-state index in [4.69, 9.17) is 14.9 Å². The van der Waals surface area contributed by atoms with E-state index in [1.54, 1.807) is 25.3 Å². The Morgan fingerprint density at radius 2 is 1.90 bits per heavy atom. The maximum absolute atomic E-state index is 14.5. The zero-order valence-electron chi connectivity index (χ0n) is 11.7. The molecule has 0 unspecified atom stereocenters. The van der Waals surface area contributed by atoms with Gasteiger partial charge in [0.2, 0.25) is 0 Å². The van der Waals surface area contributed by atoms with Gasteiger partial charge >= 0.3 is 0 Å². The first-order chi connectivity index (χ1) is 10.2. The van der Waals surface area contributed by atoms with Crippen molar-refractivity contribution in [1.82, 2.24) is 0 Å². The molecule has 2 N–H and O–H groups in total. The molecule has 0 aliphatic heterocycles. The molecule has 1 heterocycles. The topological polar surface area (TPSA) is 48.4 Å². The van der Waals surface area contributed by atoms with Gasteiger partial charge in [0.05, 0.1) is 0 Å². The summed E-state index contributed by atoms with van der Waals surface area (Å²) >= 11 is 0. The van der Waals surface area contributed by atoms with Crippen LogP contribution >= 0.6 is 0 Å². The molecule has 3 nitrogen and oxygen atoms in total.